The van der Waals surface area contributed by atoms with Gasteiger partial charge in [0.25, 0.3) is 5.56 Å². The molecule has 0 saturated heterocycles. The standard InChI is InChI=1S/C16H19BrN2O2/c1-12-9-13(3-5-15(12)17)10-18-14-4-6-16(20)19(11-14)7-8-21-2/h3-6,9,11,18H,7-8,10H2,1-2H3. The van der Waals surface area contributed by atoms with Crippen LogP contribution in [0.25, 0.3) is 0 Å². The summed E-state index contributed by atoms with van der Waals surface area (Å²) in [6, 6.07) is 9.64. The molecule has 0 aliphatic carbocycles. The number of aromatic nitrogens is 1. The van der Waals surface area contributed by atoms with Crippen molar-refractivity contribution in [3.05, 3.63) is 62.5 Å². The second kappa shape index (κ2) is 7.43. The van der Waals surface area contributed by atoms with Crippen LogP contribution in [-0.2, 0) is 17.8 Å². The summed E-state index contributed by atoms with van der Waals surface area (Å²) in [5, 5.41) is 3.34. The molecule has 4 nitrogen and oxygen atoms in total. The highest BCUT2D eigenvalue weighted by molar-refractivity contribution is 9.10. The predicted octanol–water partition coefficient (Wildman–Crippen LogP) is 3.18. The van der Waals surface area contributed by atoms with Crippen LogP contribution < -0.4 is 10.9 Å². The predicted molar refractivity (Wildman–Crippen MR) is 88.8 cm³/mol. The van der Waals surface area contributed by atoms with E-state index >= 15 is 0 Å². The molecule has 21 heavy (non-hydrogen) atoms. The number of aryl methyl sites for hydroxylation is 1. The van der Waals surface area contributed by atoms with Crippen molar-refractivity contribution in [2.75, 3.05) is 19.0 Å². The average molecular weight is 351 g/mol. The fraction of sp³-hybridized carbons (Fsp3) is 0.312. The van der Waals surface area contributed by atoms with Crippen molar-refractivity contribution in [3.8, 4) is 0 Å². The number of nitrogens with zero attached hydrogens (tertiary/aromatic N) is 1. The summed E-state index contributed by atoms with van der Waals surface area (Å²) in [5.41, 5.74) is 3.31. The monoisotopic (exact) mass is 350 g/mol. The molecular weight excluding hydrogens is 332 g/mol. The quantitative estimate of drug-likeness (QED) is 0.869. The molecule has 0 saturated carbocycles. The Morgan fingerprint density at radius 1 is 1.29 bits per heavy atom. The number of nitrogens with one attached hydrogen (secondary N) is 1. The summed E-state index contributed by atoms with van der Waals surface area (Å²) in [6.45, 7) is 3.87. The van der Waals surface area contributed by atoms with E-state index in [0.717, 1.165) is 16.7 Å². The highest BCUT2D eigenvalue weighted by atomic mass is 79.9. The Morgan fingerprint density at radius 2 is 2.10 bits per heavy atom. The highest BCUT2D eigenvalue weighted by Gasteiger charge is 2.01. The van der Waals surface area contributed by atoms with Gasteiger partial charge in [-0.3, -0.25) is 4.79 Å². The molecule has 1 N–H and O–H groups in total. The molecular formula is C16H19BrN2O2. The number of methoxy groups -OCH3 is 1. The first-order valence-electron chi connectivity index (χ1n) is 6.78. The van der Waals surface area contributed by atoms with Crippen LogP contribution in [0.4, 0.5) is 5.69 Å². The first-order chi connectivity index (χ1) is 10.1. The SMILES string of the molecule is COCCn1cc(NCc2ccc(Br)c(C)c2)ccc1=O. The van der Waals surface area contributed by atoms with Crippen LogP contribution in [0.15, 0.2) is 45.8 Å². The molecule has 112 valence electrons. The lowest BCUT2D eigenvalue weighted by atomic mass is 10.1. The summed E-state index contributed by atoms with van der Waals surface area (Å²) in [7, 11) is 1.63. The smallest absolute Gasteiger partial charge is 0.250 e. The van der Waals surface area contributed by atoms with E-state index in [1.165, 1.54) is 11.1 Å². The van der Waals surface area contributed by atoms with Crippen LogP contribution in [0.2, 0.25) is 0 Å². The third-order valence-electron chi connectivity index (χ3n) is 3.24. The third-order valence-corrected chi connectivity index (χ3v) is 4.13. The summed E-state index contributed by atoms with van der Waals surface area (Å²) < 4.78 is 7.77. The molecule has 0 bridgehead atoms. The number of rotatable bonds is 6. The zero-order valence-corrected chi connectivity index (χ0v) is 13.8. The topological polar surface area (TPSA) is 43.3 Å². The number of benzene rings is 1. The van der Waals surface area contributed by atoms with Gasteiger partial charge in [-0.2, -0.15) is 0 Å². The van der Waals surface area contributed by atoms with Crippen molar-refractivity contribution in [1.29, 1.82) is 0 Å². The second-order valence-electron chi connectivity index (χ2n) is 4.88. The number of hydrogen-bond donors (Lipinski definition) is 1. The highest BCUT2D eigenvalue weighted by Crippen LogP contribution is 2.17. The molecule has 2 rings (SSSR count). The molecule has 0 unspecified atom stereocenters. The van der Waals surface area contributed by atoms with Gasteiger partial charge in [0, 0.05) is 36.9 Å². The van der Waals surface area contributed by atoms with Gasteiger partial charge in [0.2, 0.25) is 0 Å². The van der Waals surface area contributed by atoms with Gasteiger partial charge < -0.3 is 14.6 Å². The molecule has 1 heterocycles. The molecule has 2 aromatic rings. The van der Waals surface area contributed by atoms with Gasteiger partial charge >= 0.3 is 0 Å². The van der Waals surface area contributed by atoms with Gasteiger partial charge in [0.15, 0.2) is 0 Å². The van der Waals surface area contributed by atoms with Gasteiger partial charge in [0.05, 0.1) is 12.3 Å². The average Bonchev–Trinajstić information content (AvgIpc) is 2.48. The maximum absolute atomic E-state index is 11.7. The summed E-state index contributed by atoms with van der Waals surface area (Å²) in [6.07, 6.45) is 1.83. The first kappa shape index (κ1) is 15.8. The Hall–Kier alpha value is -1.59. The van der Waals surface area contributed by atoms with Crippen LogP contribution in [0, 0.1) is 6.92 Å². The van der Waals surface area contributed by atoms with Crippen LogP contribution in [0.3, 0.4) is 0 Å². The van der Waals surface area contributed by atoms with E-state index < -0.39 is 0 Å². The van der Waals surface area contributed by atoms with Crippen molar-refractivity contribution in [1.82, 2.24) is 4.57 Å². The van der Waals surface area contributed by atoms with E-state index in [4.69, 9.17) is 4.74 Å². The second-order valence-corrected chi connectivity index (χ2v) is 5.73. The zero-order chi connectivity index (χ0) is 15.2. The third kappa shape index (κ3) is 4.44. The Morgan fingerprint density at radius 3 is 2.81 bits per heavy atom. The number of hydrogen-bond acceptors (Lipinski definition) is 3. The normalized spacial score (nSPS) is 10.6. The molecule has 1 aromatic carbocycles. The lowest BCUT2D eigenvalue weighted by Gasteiger charge is -2.11. The fourth-order valence-electron chi connectivity index (χ4n) is 2.02. The lowest BCUT2D eigenvalue weighted by molar-refractivity contribution is 0.186. The summed E-state index contributed by atoms with van der Waals surface area (Å²) in [5.74, 6) is 0. The van der Waals surface area contributed by atoms with E-state index in [2.05, 4.69) is 40.3 Å². The number of anilines is 1. The molecule has 0 radical (unpaired) electrons. The Balaban J connectivity index is 2.05. The van der Waals surface area contributed by atoms with Crippen LogP contribution in [-0.4, -0.2) is 18.3 Å². The molecule has 0 fully saturated rings. The maximum Gasteiger partial charge on any atom is 0.250 e. The summed E-state index contributed by atoms with van der Waals surface area (Å²) in [4.78, 5) is 11.7. The maximum atomic E-state index is 11.7. The Kier molecular flexibility index (Phi) is 5.59. The molecule has 0 aliphatic heterocycles. The van der Waals surface area contributed by atoms with Crippen LogP contribution in [0.5, 0.6) is 0 Å². The molecule has 0 aliphatic rings. The van der Waals surface area contributed by atoms with Gasteiger partial charge in [-0.15, -0.1) is 0 Å². The van der Waals surface area contributed by atoms with E-state index in [9.17, 15) is 4.79 Å². The van der Waals surface area contributed by atoms with Crippen LogP contribution >= 0.6 is 15.9 Å². The van der Waals surface area contributed by atoms with Crippen molar-refractivity contribution in [3.63, 3.8) is 0 Å². The molecule has 0 spiro atoms. The van der Waals surface area contributed by atoms with E-state index in [1.807, 2.05) is 12.3 Å². The van der Waals surface area contributed by atoms with Crippen molar-refractivity contribution >= 4 is 21.6 Å². The molecule has 0 amide bonds. The number of halogens is 1. The van der Waals surface area contributed by atoms with Gasteiger partial charge in [-0.05, 0) is 30.2 Å². The van der Waals surface area contributed by atoms with E-state index in [0.29, 0.717) is 13.2 Å². The minimum atomic E-state index is -0.0166. The minimum Gasteiger partial charge on any atom is -0.383 e. The number of ether oxygens (including phenoxy) is 1. The lowest BCUT2D eigenvalue weighted by Crippen LogP contribution is -2.21. The summed E-state index contributed by atoms with van der Waals surface area (Å²) >= 11 is 3.50. The fourth-order valence-corrected chi connectivity index (χ4v) is 2.27. The number of pyridine rings is 1. The van der Waals surface area contributed by atoms with Gasteiger partial charge in [-0.25, -0.2) is 0 Å². The molecule has 0 atom stereocenters. The molecule has 5 heteroatoms. The molecule has 1 aromatic heterocycles. The van der Waals surface area contributed by atoms with Crippen LogP contribution in [0.1, 0.15) is 11.1 Å². The zero-order valence-electron chi connectivity index (χ0n) is 12.2. The largest absolute Gasteiger partial charge is 0.383 e. The Labute approximate surface area is 132 Å². The van der Waals surface area contributed by atoms with Gasteiger partial charge in [-0.1, -0.05) is 28.1 Å². The van der Waals surface area contributed by atoms with Crippen molar-refractivity contribution in [2.45, 2.75) is 20.0 Å². The van der Waals surface area contributed by atoms with Crippen molar-refractivity contribution in [2.24, 2.45) is 0 Å². The van der Waals surface area contributed by atoms with E-state index in [-0.39, 0.29) is 5.56 Å². The van der Waals surface area contributed by atoms with Crippen molar-refractivity contribution < 1.29 is 4.74 Å². The minimum absolute atomic E-state index is 0.0166. The Bertz CT molecular complexity index is 668. The van der Waals surface area contributed by atoms with Gasteiger partial charge in [0.1, 0.15) is 0 Å². The first-order valence-corrected chi connectivity index (χ1v) is 7.58. The van der Waals surface area contributed by atoms with E-state index in [1.54, 1.807) is 23.8 Å².